The maximum absolute atomic E-state index is 12.4. The van der Waals surface area contributed by atoms with Gasteiger partial charge in [0.2, 0.25) is 0 Å². The van der Waals surface area contributed by atoms with Crippen LogP contribution in [-0.2, 0) is 28.6 Å². The van der Waals surface area contributed by atoms with E-state index in [1.165, 1.54) is 0 Å². The van der Waals surface area contributed by atoms with Crippen LogP contribution < -0.4 is 0 Å². The minimum Gasteiger partial charge on any atom is -0.477 e. The molecule has 0 bridgehead atoms. The molecule has 0 aromatic carbocycles. The van der Waals surface area contributed by atoms with E-state index in [9.17, 15) is 19.5 Å². The molecule has 0 aromatic heterocycles. The third-order valence-corrected chi connectivity index (χ3v) is 5.99. The number of hydrogen-bond donors (Lipinski definition) is 1. The summed E-state index contributed by atoms with van der Waals surface area (Å²) in [6.07, 6.45) is 23.6. The lowest BCUT2D eigenvalue weighted by Crippen LogP contribution is -2.50. The van der Waals surface area contributed by atoms with Crippen molar-refractivity contribution in [2.24, 2.45) is 0 Å². The molecule has 2 unspecified atom stereocenters. The van der Waals surface area contributed by atoms with Crippen molar-refractivity contribution in [2.45, 2.75) is 96.6 Å². The largest absolute Gasteiger partial charge is 0.477 e. The summed E-state index contributed by atoms with van der Waals surface area (Å²) in [6, 6.07) is -0.625. The van der Waals surface area contributed by atoms with E-state index >= 15 is 0 Å². The maximum atomic E-state index is 12.4. The van der Waals surface area contributed by atoms with Crippen molar-refractivity contribution in [1.82, 2.24) is 0 Å². The van der Waals surface area contributed by atoms with E-state index in [0.717, 1.165) is 44.9 Å². The summed E-state index contributed by atoms with van der Waals surface area (Å²) in [5.41, 5.74) is 0. The molecule has 0 amide bonds. The van der Waals surface area contributed by atoms with Crippen LogP contribution in [0.1, 0.15) is 84.5 Å². The van der Waals surface area contributed by atoms with Crippen molar-refractivity contribution in [3.8, 4) is 0 Å². The van der Waals surface area contributed by atoms with Gasteiger partial charge in [-0.3, -0.25) is 9.59 Å². The highest BCUT2D eigenvalue weighted by Crippen LogP contribution is 2.10. The first kappa shape index (κ1) is 37.3. The van der Waals surface area contributed by atoms with Crippen LogP contribution in [0.4, 0.5) is 0 Å². The Labute approximate surface area is 242 Å². The van der Waals surface area contributed by atoms with Crippen molar-refractivity contribution in [2.75, 3.05) is 41.0 Å². The molecule has 0 aliphatic carbocycles. The molecule has 0 saturated heterocycles. The lowest BCUT2D eigenvalue weighted by atomic mass is 10.1. The fourth-order valence-corrected chi connectivity index (χ4v) is 3.71. The number of carbonyl (C=O) groups excluding carboxylic acids is 2. The summed E-state index contributed by atoms with van der Waals surface area (Å²) < 4.78 is 16.9. The van der Waals surface area contributed by atoms with E-state index in [1.54, 1.807) is 0 Å². The van der Waals surface area contributed by atoms with E-state index in [1.807, 2.05) is 33.3 Å². The lowest BCUT2D eigenvalue weighted by Gasteiger charge is -2.31. The van der Waals surface area contributed by atoms with Gasteiger partial charge in [0.05, 0.1) is 34.4 Å². The second kappa shape index (κ2) is 24.1. The zero-order valence-corrected chi connectivity index (χ0v) is 25.5. The van der Waals surface area contributed by atoms with Gasteiger partial charge in [0.1, 0.15) is 6.61 Å². The van der Waals surface area contributed by atoms with Gasteiger partial charge in [0, 0.05) is 19.3 Å². The molecule has 0 rings (SSSR count). The number of unbranched alkanes of at least 4 members (excludes halogenated alkanes) is 2. The molecule has 0 aromatic rings. The van der Waals surface area contributed by atoms with Gasteiger partial charge in [0.15, 0.2) is 12.1 Å². The SMILES string of the molecule is CC/C=C/C/C=C/CCCCC(=O)OCC(COCCC(C(=O)O)[N+](C)(C)C)OC(=O)CC/C=C/C/C=C/CC. The van der Waals surface area contributed by atoms with Gasteiger partial charge in [0.25, 0.3) is 0 Å². The van der Waals surface area contributed by atoms with Crippen molar-refractivity contribution >= 4 is 17.9 Å². The number of carboxylic acids is 1. The Kier molecular flexibility index (Phi) is 22.5. The van der Waals surface area contributed by atoms with Crippen molar-refractivity contribution < 1.29 is 38.2 Å². The third-order valence-electron chi connectivity index (χ3n) is 5.99. The highest BCUT2D eigenvalue weighted by atomic mass is 16.6. The number of rotatable bonds is 24. The molecular formula is C32H54NO7+. The fourth-order valence-electron chi connectivity index (χ4n) is 3.71. The van der Waals surface area contributed by atoms with E-state index in [4.69, 9.17) is 14.2 Å². The smallest absolute Gasteiger partial charge is 0.362 e. The predicted molar refractivity (Wildman–Crippen MR) is 160 cm³/mol. The average Bonchev–Trinajstić information content (AvgIpc) is 2.89. The number of likely N-dealkylation sites (N-methyl/N-ethyl adjacent to an activating group) is 1. The van der Waals surface area contributed by atoms with Crippen LogP contribution in [0.15, 0.2) is 48.6 Å². The zero-order chi connectivity index (χ0) is 30.1. The molecule has 0 saturated carbocycles. The normalized spacial score (nSPS) is 13.9. The molecule has 0 radical (unpaired) electrons. The number of nitrogens with zero attached hydrogens (tertiary/aromatic N) is 1. The first-order chi connectivity index (χ1) is 19.1. The molecule has 0 aliphatic heterocycles. The summed E-state index contributed by atoms with van der Waals surface area (Å²) in [5.74, 6) is -1.63. The monoisotopic (exact) mass is 564 g/mol. The molecule has 2 atom stereocenters. The van der Waals surface area contributed by atoms with E-state index < -0.39 is 24.1 Å². The Morgan fingerprint density at radius 2 is 1.35 bits per heavy atom. The number of carbonyl (C=O) groups is 3. The molecule has 0 fully saturated rings. The van der Waals surface area contributed by atoms with Crippen molar-refractivity contribution in [1.29, 1.82) is 0 Å². The summed E-state index contributed by atoms with van der Waals surface area (Å²) in [5, 5.41) is 9.49. The van der Waals surface area contributed by atoms with E-state index in [0.29, 0.717) is 19.3 Å². The summed E-state index contributed by atoms with van der Waals surface area (Å²) >= 11 is 0. The molecule has 8 nitrogen and oxygen atoms in total. The lowest BCUT2D eigenvalue weighted by molar-refractivity contribution is -0.887. The number of esters is 2. The second-order valence-electron chi connectivity index (χ2n) is 10.6. The van der Waals surface area contributed by atoms with Crippen LogP contribution >= 0.6 is 0 Å². The Hall–Kier alpha value is -2.71. The number of hydrogen-bond acceptors (Lipinski definition) is 6. The molecular weight excluding hydrogens is 510 g/mol. The van der Waals surface area contributed by atoms with E-state index in [2.05, 4.69) is 50.3 Å². The maximum Gasteiger partial charge on any atom is 0.362 e. The quantitative estimate of drug-likeness (QED) is 0.0647. The van der Waals surface area contributed by atoms with Crippen LogP contribution in [0.3, 0.4) is 0 Å². The van der Waals surface area contributed by atoms with Gasteiger partial charge >= 0.3 is 17.9 Å². The van der Waals surface area contributed by atoms with Gasteiger partial charge in [-0.15, -0.1) is 0 Å². The average molecular weight is 565 g/mol. The third kappa shape index (κ3) is 22.1. The van der Waals surface area contributed by atoms with Crippen molar-refractivity contribution in [3.63, 3.8) is 0 Å². The Morgan fingerprint density at radius 1 is 0.750 bits per heavy atom. The second-order valence-corrected chi connectivity index (χ2v) is 10.6. The highest BCUT2D eigenvalue weighted by molar-refractivity contribution is 5.72. The number of aliphatic carboxylic acids is 1. The van der Waals surface area contributed by atoms with Gasteiger partial charge in [-0.05, 0) is 51.4 Å². The van der Waals surface area contributed by atoms with Gasteiger partial charge < -0.3 is 23.8 Å². The minimum absolute atomic E-state index is 0.0252. The van der Waals surface area contributed by atoms with Crippen LogP contribution in [0, 0.1) is 0 Å². The Bertz CT molecular complexity index is 809. The van der Waals surface area contributed by atoms with Crippen LogP contribution in [0.25, 0.3) is 0 Å². The molecule has 228 valence electrons. The highest BCUT2D eigenvalue weighted by Gasteiger charge is 2.31. The summed E-state index contributed by atoms with van der Waals surface area (Å²) in [7, 11) is 5.45. The summed E-state index contributed by atoms with van der Waals surface area (Å²) in [4.78, 5) is 36.2. The molecule has 1 N–H and O–H groups in total. The van der Waals surface area contributed by atoms with Crippen LogP contribution in [-0.4, -0.2) is 80.6 Å². The van der Waals surface area contributed by atoms with Crippen molar-refractivity contribution in [3.05, 3.63) is 48.6 Å². The van der Waals surface area contributed by atoms with Gasteiger partial charge in [-0.1, -0.05) is 62.5 Å². The first-order valence-electron chi connectivity index (χ1n) is 14.7. The van der Waals surface area contributed by atoms with Gasteiger partial charge in [-0.2, -0.15) is 0 Å². The van der Waals surface area contributed by atoms with E-state index in [-0.39, 0.29) is 36.7 Å². The number of ether oxygens (including phenoxy) is 3. The van der Waals surface area contributed by atoms with Crippen LogP contribution in [0.2, 0.25) is 0 Å². The Morgan fingerprint density at radius 3 is 1.93 bits per heavy atom. The first-order valence-corrected chi connectivity index (χ1v) is 14.7. The predicted octanol–water partition coefficient (Wildman–Crippen LogP) is 6.17. The molecule has 8 heteroatoms. The summed E-state index contributed by atoms with van der Waals surface area (Å²) in [6.45, 7) is 4.30. The topological polar surface area (TPSA) is 99.1 Å². The molecule has 0 spiro atoms. The van der Waals surface area contributed by atoms with Crippen LogP contribution in [0.5, 0.6) is 0 Å². The molecule has 40 heavy (non-hydrogen) atoms. The number of allylic oxidation sites excluding steroid dienone is 8. The number of carboxylic acid groups (broad SMARTS) is 1. The standard InChI is InChI=1S/C32H53NO7/c1-6-8-10-12-14-15-17-18-20-22-30(34)39-27-28(26-38-25-24-29(32(36)37)33(3,4)5)40-31(35)23-21-19-16-13-11-9-7-2/h8-11,14-16,19,28-29H,6-7,12-13,17-18,20-27H2,1-5H3/p+1/b10-8+,11-9+,15-14+,19-16+. The molecule has 0 heterocycles. The number of quaternary nitrogens is 1. The fraction of sp³-hybridized carbons (Fsp3) is 0.656. The molecule has 0 aliphatic rings. The minimum atomic E-state index is -0.893. The Balaban J connectivity index is 4.66. The van der Waals surface area contributed by atoms with Gasteiger partial charge in [-0.25, -0.2) is 4.79 Å². The zero-order valence-electron chi connectivity index (χ0n) is 25.5.